The molecule has 3 aromatic carbocycles. The smallest absolute Gasteiger partial charge is 0.133 e. The predicted octanol–water partition coefficient (Wildman–Crippen LogP) is 12.2. The van der Waals surface area contributed by atoms with Crippen LogP contribution in [-0.2, 0) is 33.6 Å². The second kappa shape index (κ2) is 26.2. The maximum Gasteiger partial charge on any atom is 0.133 e. The number of halogens is 4. The number of nitrogens with zero attached hydrogens (tertiary/aromatic N) is 5. The molecule has 72 heavy (non-hydrogen) atoms. The minimum absolute atomic E-state index is 0.00806. The van der Waals surface area contributed by atoms with Crippen LogP contribution >= 0.6 is 15.9 Å². The molecule has 3 unspecified atom stereocenters. The van der Waals surface area contributed by atoms with Gasteiger partial charge in [-0.3, -0.25) is 0 Å². The van der Waals surface area contributed by atoms with Crippen LogP contribution in [0.15, 0.2) is 111 Å². The topological polar surface area (TPSA) is 141 Å². The van der Waals surface area contributed by atoms with Crippen LogP contribution in [0.25, 0.3) is 5.57 Å². The Morgan fingerprint density at radius 1 is 0.694 bits per heavy atom. The summed E-state index contributed by atoms with van der Waals surface area (Å²) in [4.78, 5) is 38.6. The number of alkyl halides is 3. The molecule has 0 radical (unpaired) electrons. The molecule has 0 spiro atoms. The number of oxime groups is 3. The van der Waals surface area contributed by atoms with E-state index in [1.54, 1.807) is 24.4 Å². The number of benzene rings is 3. The number of rotatable bonds is 10. The van der Waals surface area contributed by atoms with Gasteiger partial charge in [0.1, 0.15) is 23.6 Å². The molecular weight excluding hydrogens is 1120 g/mol. The quantitative estimate of drug-likeness (QED) is 0.110. The molecule has 3 atom stereocenters. The average Bonchev–Trinajstić information content (AvgIpc) is 4.14. The van der Waals surface area contributed by atoms with Gasteiger partial charge >= 0.3 is 130 Å². The summed E-state index contributed by atoms with van der Waals surface area (Å²) in [7, 11) is -3.50. The summed E-state index contributed by atoms with van der Waals surface area (Å²) in [6.45, 7) is 13.5. The molecule has 0 aromatic heterocycles. The van der Waals surface area contributed by atoms with Crippen molar-refractivity contribution in [3.8, 4) is 0 Å². The zero-order valence-electron chi connectivity index (χ0n) is 43.2. The first-order valence-corrected chi connectivity index (χ1v) is 36.8. The van der Waals surface area contributed by atoms with Crippen LogP contribution in [-0.4, -0.2) is 122 Å². The molecular formula is C53H71BrF3N5O8SSn. The Hall–Kier alpha value is -4.40. The van der Waals surface area contributed by atoms with E-state index in [-0.39, 0.29) is 43.6 Å². The fraction of sp³-hybridized carbons (Fsp3) is 0.509. The van der Waals surface area contributed by atoms with Crippen molar-refractivity contribution in [2.45, 2.75) is 137 Å². The van der Waals surface area contributed by atoms with Crippen molar-refractivity contribution in [1.82, 2.24) is 9.80 Å². The third kappa shape index (κ3) is 17.9. The Bertz CT molecular complexity index is 2540. The normalized spacial score (nSPS) is 20.2. The molecule has 0 bridgehead atoms. The largest absolute Gasteiger partial charge is 0.392 e. The van der Waals surface area contributed by atoms with Crippen LogP contribution < -0.4 is 3.58 Å². The van der Waals surface area contributed by atoms with Gasteiger partial charge in [-0.25, -0.2) is 4.79 Å². The maximum absolute atomic E-state index is 12.2. The Morgan fingerprint density at radius 2 is 1.14 bits per heavy atom. The number of likely N-dealkylation sites (N-methyl/N-ethyl adjacent to an activating group) is 1. The summed E-state index contributed by atoms with van der Waals surface area (Å²) in [5.74, 6) is -0.341. The van der Waals surface area contributed by atoms with Gasteiger partial charge in [-0.1, -0.05) is 82.6 Å². The molecule has 5 aliphatic heterocycles. The van der Waals surface area contributed by atoms with Gasteiger partial charge in [0.05, 0.1) is 11.4 Å². The second-order valence-electron chi connectivity index (χ2n) is 20.1. The third-order valence-corrected chi connectivity index (χ3v) is 19.6. The Balaban J connectivity index is 0.000000180. The van der Waals surface area contributed by atoms with E-state index in [0.717, 1.165) is 91.3 Å². The molecule has 19 heteroatoms. The van der Waals surface area contributed by atoms with Crippen molar-refractivity contribution >= 4 is 76.8 Å². The fourth-order valence-electron chi connectivity index (χ4n) is 7.57. The Labute approximate surface area is 437 Å². The van der Waals surface area contributed by atoms with Crippen molar-refractivity contribution in [2.24, 2.45) is 15.5 Å². The van der Waals surface area contributed by atoms with E-state index in [2.05, 4.69) is 150 Å². The van der Waals surface area contributed by atoms with Crippen molar-refractivity contribution < 1.29 is 49.8 Å². The zero-order chi connectivity index (χ0) is 52.9. The third-order valence-electron chi connectivity index (χ3n) is 12.1. The van der Waals surface area contributed by atoms with Crippen LogP contribution in [0.2, 0.25) is 14.8 Å². The molecule has 0 saturated carbocycles. The Kier molecular flexibility index (Phi) is 21.3. The van der Waals surface area contributed by atoms with Crippen LogP contribution in [0.5, 0.6) is 0 Å². The van der Waals surface area contributed by atoms with Gasteiger partial charge in [-0.2, -0.15) is 21.6 Å². The van der Waals surface area contributed by atoms with Crippen LogP contribution in [0.4, 0.5) is 18.0 Å². The summed E-state index contributed by atoms with van der Waals surface area (Å²) < 4.78 is 69.9. The number of ether oxygens (including phenoxy) is 1. The molecule has 5 heterocycles. The van der Waals surface area contributed by atoms with Gasteiger partial charge < -0.3 is 28.4 Å². The van der Waals surface area contributed by atoms with Gasteiger partial charge in [-0.15, -0.1) is 0 Å². The van der Waals surface area contributed by atoms with Gasteiger partial charge in [0.25, 0.3) is 0 Å². The van der Waals surface area contributed by atoms with Crippen molar-refractivity contribution in [1.29, 1.82) is 0 Å². The zero-order valence-corrected chi connectivity index (χ0v) is 48.5. The average molecular weight is 1190 g/mol. The van der Waals surface area contributed by atoms with Gasteiger partial charge in [0, 0.05) is 49.9 Å². The Morgan fingerprint density at radius 3 is 1.50 bits per heavy atom. The minimum atomic E-state index is -5.67. The summed E-state index contributed by atoms with van der Waals surface area (Å²) in [5.41, 5.74) is 3.45. The maximum atomic E-state index is 12.2. The van der Waals surface area contributed by atoms with E-state index in [0.29, 0.717) is 0 Å². The van der Waals surface area contributed by atoms with Crippen molar-refractivity contribution in [2.75, 3.05) is 33.2 Å². The molecule has 0 fully saturated rings. The van der Waals surface area contributed by atoms with E-state index in [1.165, 1.54) is 27.2 Å². The number of carbonyl (C=O) groups is 1. The van der Waals surface area contributed by atoms with E-state index >= 15 is 0 Å². The van der Waals surface area contributed by atoms with E-state index in [1.807, 2.05) is 12.1 Å². The molecule has 3 aromatic rings. The molecule has 0 N–H and O–H groups in total. The van der Waals surface area contributed by atoms with E-state index < -0.39 is 45.7 Å². The molecule has 8 rings (SSSR count). The predicted molar refractivity (Wildman–Crippen MR) is 286 cm³/mol. The van der Waals surface area contributed by atoms with Gasteiger partial charge in [0.2, 0.25) is 0 Å². The van der Waals surface area contributed by atoms with E-state index in [9.17, 15) is 26.4 Å². The van der Waals surface area contributed by atoms with E-state index in [4.69, 9.17) is 19.2 Å². The first kappa shape index (κ1) is 58.5. The summed E-state index contributed by atoms with van der Waals surface area (Å²) in [5, 5.41) is 12.5. The van der Waals surface area contributed by atoms with Gasteiger partial charge in [0.15, 0.2) is 0 Å². The number of hydrogen-bond acceptors (Lipinski definition) is 12. The minimum Gasteiger partial charge on any atom is -0.392 e. The molecule has 5 aliphatic rings. The number of hydrogen-bond donors (Lipinski definition) is 0. The summed E-state index contributed by atoms with van der Waals surface area (Å²) >= 11 is 1.51. The second-order valence-corrected chi connectivity index (χ2v) is 37.1. The first-order valence-electron chi connectivity index (χ1n) is 24.6. The summed E-state index contributed by atoms with van der Waals surface area (Å²) in [6, 6.07) is 25.9. The van der Waals surface area contributed by atoms with Crippen LogP contribution in [0, 0.1) is 0 Å². The molecule has 0 aliphatic carbocycles. The SMILES string of the molecule is CC(C)(C)OC(=O)N1CC=C(OS(=O)(=O)C(F)(F)F)CC1.CCC1CC(c2cc[c]([Sn]([CH3])([CH3])[CH3])cc2)=NO1.CCC1CC(c2ccc(Br)cc2)=NO1.CCC1CC(c2ccc(C3=CCN(C)CC3)cc2)=NO1. The van der Waals surface area contributed by atoms with Crippen molar-refractivity contribution in [3.05, 3.63) is 117 Å². The monoisotopic (exact) mass is 1190 g/mol. The molecule has 13 nitrogen and oxygen atoms in total. The van der Waals surface area contributed by atoms with Gasteiger partial charge in [-0.05, 0) is 87.6 Å². The molecule has 0 saturated heterocycles. The summed E-state index contributed by atoms with van der Waals surface area (Å²) in [6.07, 6.45) is 10.5. The first-order chi connectivity index (χ1) is 33.9. The van der Waals surface area contributed by atoms with Crippen LogP contribution in [0.1, 0.15) is 115 Å². The number of carbonyl (C=O) groups excluding carboxylic acids is 1. The molecule has 394 valence electrons. The standard InChI is InChI=1S/C17H22N2O.C11H12BrNO.C11H16F3NO5S.C11H12NO.3CH3.Sn/c1-3-16-12-17(18-20-16)15-6-4-13(5-7-15)14-8-10-19(2)11-9-14;1-2-10-7-11(13-14-10)8-3-5-9(12)6-4-8;1-10(2,3)19-9(16)15-6-4-8(5-7-15)20-21(17,18)11(12,13)14;1-2-10-8-11(12-13-10)9-6-4-3-5-7-9;;;;/h4-8,16H,3,9-12H2,1-2H3;3-6,10H,2,7H2,1H3;4H,5-7H2,1-3H3;4-7,10H,2,8H2,1H3;3*1H3;. The fourth-order valence-corrected chi connectivity index (χ4v) is 11.7. The number of amides is 1. The van der Waals surface area contributed by atoms with Crippen molar-refractivity contribution in [3.63, 3.8) is 0 Å². The molecule has 1 amide bonds. The van der Waals surface area contributed by atoms with Crippen LogP contribution in [0.3, 0.4) is 0 Å².